The van der Waals surface area contributed by atoms with E-state index in [1.165, 1.54) is 0 Å². The van der Waals surface area contributed by atoms with E-state index in [9.17, 15) is 18.4 Å². The molecule has 1 amide bonds. The van der Waals surface area contributed by atoms with E-state index in [1.54, 1.807) is 18.2 Å². The molecule has 1 aromatic carbocycles. The van der Waals surface area contributed by atoms with Gasteiger partial charge in [-0.2, -0.15) is 0 Å². The summed E-state index contributed by atoms with van der Waals surface area (Å²) in [7, 11) is 0. The van der Waals surface area contributed by atoms with Gasteiger partial charge >= 0.3 is 5.97 Å². The number of hydrogen-bond acceptors (Lipinski definition) is 2. The number of carboxylic acid groups (broad SMARTS) is 1. The summed E-state index contributed by atoms with van der Waals surface area (Å²) in [5.74, 6) is -2.07. The third-order valence-electron chi connectivity index (χ3n) is 2.65. The smallest absolute Gasteiger partial charge is 0.326 e. The number of alkyl halides is 2. The van der Waals surface area contributed by atoms with Crippen molar-refractivity contribution in [3.8, 4) is 0 Å². The summed E-state index contributed by atoms with van der Waals surface area (Å²) in [4.78, 5) is 22.4. The van der Waals surface area contributed by atoms with Crippen molar-refractivity contribution < 1.29 is 23.5 Å². The Balaban J connectivity index is 2.65. The molecule has 0 fully saturated rings. The Labute approximate surface area is 123 Å². The van der Waals surface area contributed by atoms with Crippen molar-refractivity contribution in [2.45, 2.75) is 32.2 Å². The molecule has 0 saturated heterocycles. The summed E-state index contributed by atoms with van der Waals surface area (Å²) >= 11 is 3.32. The van der Waals surface area contributed by atoms with E-state index in [-0.39, 0.29) is 6.42 Å². The van der Waals surface area contributed by atoms with E-state index < -0.39 is 30.8 Å². The molecule has 4 nitrogen and oxygen atoms in total. The fraction of sp³-hybridized carbons (Fsp3) is 0.385. The van der Waals surface area contributed by atoms with Gasteiger partial charge in [0.05, 0.1) is 6.42 Å². The van der Waals surface area contributed by atoms with Crippen LogP contribution in [0.3, 0.4) is 0 Å². The summed E-state index contributed by atoms with van der Waals surface area (Å²) in [6, 6.07) is 3.69. The molecule has 2 N–H and O–H groups in total. The lowest BCUT2D eigenvalue weighted by Gasteiger charge is -2.14. The SMILES string of the molecule is Cc1ccc(CC(=O)NC(CC(F)F)C(=O)O)cc1Br. The molecular weight excluding hydrogens is 336 g/mol. The Morgan fingerprint density at radius 1 is 1.40 bits per heavy atom. The first kappa shape index (κ1) is 16.6. The maximum absolute atomic E-state index is 12.2. The molecule has 0 aliphatic carbocycles. The minimum Gasteiger partial charge on any atom is -0.480 e. The molecule has 0 aromatic heterocycles. The summed E-state index contributed by atoms with van der Waals surface area (Å²) in [5, 5.41) is 10.9. The van der Waals surface area contributed by atoms with Crippen LogP contribution in [0.1, 0.15) is 17.5 Å². The van der Waals surface area contributed by atoms with Crippen LogP contribution >= 0.6 is 15.9 Å². The molecule has 110 valence electrons. The van der Waals surface area contributed by atoms with Crippen molar-refractivity contribution >= 4 is 27.8 Å². The topological polar surface area (TPSA) is 66.4 Å². The molecule has 0 radical (unpaired) electrons. The van der Waals surface area contributed by atoms with Gasteiger partial charge in [-0.05, 0) is 24.1 Å². The van der Waals surface area contributed by atoms with Gasteiger partial charge in [0, 0.05) is 10.9 Å². The molecule has 0 spiro atoms. The number of aryl methyl sites for hydroxylation is 1. The largest absolute Gasteiger partial charge is 0.480 e. The van der Waals surface area contributed by atoms with Crippen LogP contribution in [0.25, 0.3) is 0 Å². The summed E-state index contributed by atoms with van der Waals surface area (Å²) in [5.41, 5.74) is 1.66. The van der Waals surface area contributed by atoms with E-state index >= 15 is 0 Å². The molecule has 1 unspecified atom stereocenters. The van der Waals surface area contributed by atoms with Gasteiger partial charge in [-0.15, -0.1) is 0 Å². The maximum Gasteiger partial charge on any atom is 0.326 e. The first-order chi connectivity index (χ1) is 9.29. The quantitative estimate of drug-likeness (QED) is 0.829. The zero-order valence-corrected chi connectivity index (χ0v) is 12.3. The molecule has 0 aliphatic rings. The highest BCUT2D eigenvalue weighted by Crippen LogP contribution is 2.17. The number of carbonyl (C=O) groups excluding carboxylic acids is 1. The lowest BCUT2D eigenvalue weighted by atomic mass is 10.1. The highest BCUT2D eigenvalue weighted by Gasteiger charge is 2.24. The minimum absolute atomic E-state index is 0.0636. The van der Waals surface area contributed by atoms with Crippen LogP contribution in [0.15, 0.2) is 22.7 Å². The number of hydrogen-bond donors (Lipinski definition) is 2. The number of amides is 1. The van der Waals surface area contributed by atoms with Gasteiger partial charge < -0.3 is 10.4 Å². The van der Waals surface area contributed by atoms with Crippen LogP contribution in [0.2, 0.25) is 0 Å². The van der Waals surface area contributed by atoms with Crippen LogP contribution in [0.5, 0.6) is 0 Å². The Kier molecular flexibility index (Phi) is 6.06. The lowest BCUT2D eigenvalue weighted by molar-refractivity contribution is -0.142. The molecule has 0 saturated carbocycles. The van der Waals surface area contributed by atoms with Crippen LogP contribution in [0.4, 0.5) is 8.78 Å². The van der Waals surface area contributed by atoms with Gasteiger partial charge in [0.2, 0.25) is 12.3 Å². The number of halogens is 3. The Morgan fingerprint density at radius 2 is 2.05 bits per heavy atom. The van der Waals surface area contributed by atoms with Crippen molar-refractivity contribution in [3.63, 3.8) is 0 Å². The lowest BCUT2D eigenvalue weighted by Crippen LogP contribution is -2.42. The predicted molar refractivity (Wildman–Crippen MR) is 72.8 cm³/mol. The number of rotatable bonds is 6. The van der Waals surface area contributed by atoms with E-state index in [4.69, 9.17) is 5.11 Å². The monoisotopic (exact) mass is 349 g/mol. The van der Waals surface area contributed by atoms with Gasteiger partial charge in [-0.1, -0.05) is 28.1 Å². The average Bonchev–Trinajstić information content (AvgIpc) is 2.32. The van der Waals surface area contributed by atoms with Crippen molar-refractivity contribution in [2.75, 3.05) is 0 Å². The highest BCUT2D eigenvalue weighted by atomic mass is 79.9. The number of carbonyl (C=O) groups is 2. The average molecular weight is 350 g/mol. The molecule has 20 heavy (non-hydrogen) atoms. The van der Waals surface area contributed by atoms with Gasteiger partial charge in [0.25, 0.3) is 0 Å². The minimum atomic E-state index is -2.79. The molecule has 0 aliphatic heterocycles. The van der Waals surface area contributed by atoms with Crippen LogP contribution in [0, 0.1) is 6.92 Å². The second-order valence-corrected chi connectivity index (χ2v) is 5.20. The van der Waals surface area contributed by atoms with Crippen LogP contribution in [-0.2, 0) is 16.0 Å². The third-order valence-corrected chi connectivity index (χ3v) is 3.50. The normalized spacial score (nSPS) is 12.2. The van der Waals surface area contributed by atoms with E-state index in [2.05, 4.69) is 21.2 Å². The summed E-state index contributed by atoms with van der Waals surface area (Å²) < 4.78 is 25.2. The molecule has 0 bridgehead atoms. The molecule has 7 heteroatoms. The maximum atomic E-state index is 12.2. The molecule has 1 aromatic rings. The summed E-state index contributed by atoms with van der Waals surface area (Å²) in [6.45, 7) is 1.89. The van der Waals surface area contributed by atoms with Gasteiger partial charge in [-0.3, -0.25) is 4.79 Å². The van der Waals surface area contributed by atoms with E-state index in [0.29, 0.717) is 5.56 Å². The van der Waals surface area contributed by atoms with Gasteiger partial charge in [0.1, 0.15) is 6.04 Å². The Hall–Kier alpha value is -1.50. The molecule has 0 heterocycles. The first-order valence-corrected chi connectivity index (χ1v) is 6.64. The summed E-state index contributed by atoms with van der Waals surface area (Å²) in [6.07, 6.45) is -3.75. The van der Waals surface area contributed by atoms with Crippen molar-refractivity contribution in [1.29, 1.82) is 0 Å². The second kappa shape index (κ2) is 7.33. The van der Waals surface area contributed by atoms with Crippen molar-refractivity contribution in [1.82, 2.24) is 5.32 Å². The van der Waals surface area contributed by atoms with E-state index in [1.807, 2.05) is 6.92 Å². The molecule has 1 rings (SSSR count). The van der Waals surface area contributed by atoms with Crippen LogP contribution in [-0.4, -0.2) is 29.5 Å². The van der Waals surface area contributed by atoms with Gasteiger partial charge in [0.15, 0.2) is 0 Å². The molecule has 1 atom stereocenters. The third kappa shape index (κ3) is 5.24. The molecular formula is C13H14BrF2NO3. The zero-order valence-electron chi connectivity index (χ0n) is 10.7. The Bertz CT molecular complexity index is 508. The highest BCUT2D eigenvalue weighted by molar-refractivity contribution is 9.10. The number of carboxylic acids is 1. The van der Waals surface area contributed by atoms with Crippen molar-refractivity contribution in [2.24, 2.45) is 0 Å². The number of benzene rings is 1. The zero-order chi connectivity index (χ0) is 15.3. The number of aliphatic carboxylic acids is 1. The van der Waals surface area contributed by atoms with E-state index in [0.717, 1.165) is 10.0 Å². The Morgan fingerprint density at radius 3 is 2.55 bits per heavy atom. The first-order valence-electron chi connectivity index (χ1n) is 5.85. The number of nitrogens with one attached hydrogen (secondary N) is 1. The fourth-order valence-electron chi connectivity index (χ4n) is 1.58. The van der Waals surface area contributed by atoms with Crippen LogP contribution < -0.4 is 5.32 Å². The standard InChI is InChI=1S/C13H14BrF2NO3/c1-7-2-3-8(4-9(7)14)5-12(18)17-10(13(19)20)6-11(15)16/h2-4,10-11H,5-6H2,1H3,(H,17,18)(H,19,20). The predicted octanol–water partition coefficient (Wildman–Crippen LogP) is 2.52. The van der Waals surface area contributed by atoms with Crippen molar-refractivity contribution in [3.05, 3.63) is 33.8 Å². The fourth-order valence-corrected chi connectivity index (χ4v) is 2.00. The van der Waals surface area contributed by atoms with Gasteiger partial charge in [-0.25, -0.2) is 13.6 Å². The second-order valence-electron chi connectivity index (χ2n) is 4.35.